The lowest BCUT2D eigenvalue weighted by atomic mass is 10.1. The first-order chi connectivity index (χ1) is 11.5. The molecule has 0 saturated heterocycles. The molecule has 1 amide bonds. The molecule has 0 fully saturated rings. The Morgan fingerprint density at radius 3 is 2.17 bits per heavy atom. The highest BCUT2D eigenvalue weighted by atomic mass is 32.2. The van der Waals surface area contributed by atoms with E-state index in [0.29, 0.717) is 13.0 Å². The minimum absolute atomic E-state index is 0.183. The van der Waals surface area contributed by atoms with Gasteiger partial charge in [-0.15, -0.1) is 0 Å². The van der Waals surface area contributed by atoms with Gasteiger partial charge in [-0.2, -0.15) is 4.31 Å². The molecule has 0 atom stereocenters. The Balaban J connectivity index is 2.20. The average molecular weight is 346 g/mol. The van der Waals surface area contributed by atoms with E-state index in [1.807, 2.05) is 30.3 Å². The number of likely N-dealkylation sites (N-methyl/N-ethyl adjacent to an activating group) is 1. The van der Waals surface area contributed by atoms with Crippen LogP contribution in [0.25, 0.3) is 0 Å². The van der Waals surface area contributed by atoms with Crippen LogP contribution < -0.4 is 5.32 Å². The van der Waals surface area contributed by atoms with E-state index in [0.717, 1.165) is 5.56 Å². The molecule has 6 heteroatoms. The van der Waals surface area contributed by atoms with Crippen molar-refractivity contribution in [1.82, 2.24) is 9.62 Å². The van der Waals surface area contributed by atoms with E-state index in [9.17, 15) is 13.2 Å². The SMILES string of the molecule is CCNC(=O)CN(CCc1ccccc1)S(=O)(=O)c1ccccc1. The first kappa shape index (κ1) is 18.2. The maximum atomic E-state index is 12.8. The summed E-state index contributed by atoms with van der Waals surface area (Å²) in [6, 6.07) is 17.8. The summed E-state index contributed by atoms with van der Waals surface area (Å²) in [5, 5.41) is 2.65. The van der Waals surface area contributed by atoms with E-state index in [1.165, 1.54) is 4.31 Å². The maximum Gasteiger partial charge on any atom is 0.243 e. The smallest absolute Gasteiger partial charge is 0.243 e. The largest absolute Gasteiger partial charge is 0.355 e. The van der Waals surface area contributed by atoms with Gasteiger partial charge in [0.1, 0.15) is 0 Å². The molecule has 2 aromatic carbocycles. The third-order valence-corrected chi connectivity index (χ3v) is 5.43. The number of sulfonamides is 1. The van der Waals surface area contributed by atoms with E-state index < -0.39 is 10.0 Å². The van der Waals surface area contributed by atoms with Crippen LogP contribution in [0.3, 0.4) is 0 Å². The molecule has 0 spiro atoms. The molecule has 0 radical (unpaired) electrons. The topological polar surface area (TPSA) is 66.5 Å². The molecule has 2 rings (SSSR count). The van der Waals surface area contributed by atoms with E-state index in [-0.39, 0.29) is 23.9 Å². The summed E-state index contributed by atoms with van der Waals surface area (Å²) in [6.45, 7) is 2.34. The summed E-state index contributed by atoms with van der Waals surface area (Å²) < 4.78 is 26.9. The van der Waals surface area contributed by atoms with Crippen molar-refractivity contribution in [3.63, 3.8) is 0 Å². The number of nitrogens with one attached hydrogen (secondary N) is 1. The lowest BCUT2D eigenvalue weighted by Gasteiger charge is -2.21. The molecule has 128 valence electrons. The van der Waals surface area contributed by atoms with Crippen molar-refractivity contribution in [2.75, 3.05) is 19.6 Å². The number of hydrogen-bond acceptors (Lipinski definition) is 3. The normalized spacial score (nSPS) is 11.4. The summed E-state index contributed by atoms with van der Waals surface area (Å²) >= 11 is 0. The molecule has 24 heavy (non-hydrogen) atoms. The Kier molecular flexibility index (Phi) is 6.52. The van der Waals surface area contributed by atoms with Crippen molar-refractivity contribution in [3.05, 3.63) is 66.2 Å². The summed E-state index contributed by atoms with van der Waals surface area (Å²) in [6.07, 6.45) is 0.548. The molecule has 0 saturated carbocycles. The number of rotatable bonds is 8. The number of carbonyl (C=O) groups excluding carboxylic acids is 1. The molecular weight excluding hydrogens is 324 g/mol. The zero-order chi connectivity index (χ0) is 17.4. The van der Waals surface area contributed by atoms with Crippen LogP contribution in [0.5, 0.6) is 0 Å². The Labute approximate surface area is 143 Å². The van der Waals surface area contributed by atoms with Gasteiger partial charge in [0.2, 0.25) is 15.9 Å². The molecule has 0 heterocycles. The fourth-order valence-electron chi connectivity index (χ4n) is 2.34. The van der Waals surface area contributed by atoms with E-state index in [1.54, 1.807) is 37.3 Å². The van der Waals surface area contributed by atoms with Gasteiger partial charge in [-0.1, -0.05) is 48.5 Å². The fraction of sp³-hybridized carbons (Fsp3) is 0.278. The molecule has 0 bridgehead atoms. The first-order valence-electron chi connectivity index (χ1n) is 7.90. The van der Waals surface area contributed by atoms with Crippen LogP contribution >= 0.6 is 0 Å². The Bertz CT molecular complexity index is 746. The van der Waals surface area contributed by atoms with Gasteiger partial charge < -0.3 is 5.32 Å². The predicted octanol–water partition coefficient (Wildman–Crippen LogP) is 2.06. The third kappa shape index (κ3) is 4.91. The van der Waals surface area contributed by atoms with Gasteiger partial charge in [0.25, 0.3) is 0 Å². The van der Waals surface area contributed by atoms with Crippen molar-refractivity contribution in [3.8, 4) is 0 Å². The van der Waals surface area contributed by atoms with E-state index in [4.69, 9.17) is 0 Å². The van der Waals surface area contributed by atoms with Gasteiger partial charge in [-0.25, -0.2) is 8.42 Å². The summed E-state index contributed by atoms with van der Waals surface area (Å²) in [5.41, 5.74) is 1.03. The van der Waals surface area contributed by atoms with Gasteiger partial charge in [0, 0.05) is 13.1 Å². The highest BCUT2D eigenvalue weighted by Crippen LogP contribution is 2.16. The van der Waals surface area contributed by atoms with E-state index in [2.05, 4.69) is 5.32 Å². The molecule has 0 aromatic heterocycles. The van der Waals surface area contributed by atoms with Gasteiger partial charge in [0.15, 0.2) is 0 Å². The molecule has 0 unspecified atom stereocenters. The van der Waals surface area contributed by atoms with Crippen LogP contribution in [0.2, 0.25) is 0 Å². The highest BCUT2D eigenvalue weighted by Gasteiger charge is 2.26. The molecule has 2 aromatic rings. The van der Waals surface area contributed by atoms with Crippen LogP contribution in [0.15, 0.2) is 65.6 Å². The van der Waals surface area contributed by atoms with Crippen molar-refractivity contribution in [2.24, 2.45) is 0 Å². The molecule has 0 aliphatic carbocycles. The average Bonchev–Trinajstić information content (AvgIpc) is 2.60. The maximum absolute atomic E-state index is 12.8. The zero-order valence-corrected chi connectivity index (χ0v) is 14.5. The third-order valence-electron chi connectivity index (χ3n) is 3.57. The van der Waals surface area contributed by atoms with Crippen molar-refractivity contribution < 1.29 is 13.2 Å². The number of carbonyl (C=O) groups is 1. The van der Waals surface area contributed by atoms with Crippen molar-refractivity contribution >= 4 is 15.9 Å². The van der Waals surface area contributed by atoms with Gasteiger partial charge in [0.05, 0.1) is 11.4 Å². The number of hydrogen-bond donors (Lipinski definition) is 1. The second kappa shape index (κ2) is 8.61. The minimum atomic E-state index is -3.71. The molecule has 0 aliphatic rings. The monoisotopic (exact) mass is 346 g/mol. The van der Waals surface area contributed by atoms with Crippen molar-refractivity contribution in [2.45, 2.75) is 18.2 Å². The van der Waals surface area contributed by atoms with Gasteiger partial charge in [-0.05, 0) is 31.0 Å². The number of amides is 1. The molecular formula is C18H22N2O3S. The lowest BCUT2D eigenvalue weighted by Crippen LogP contribution is -2.41. The fourth-order valence-corrected chi connectivity index (χ4v) is 3.76. The quantitative estimate of drug-likeness (QED) is 0.795. The van der Waals surface area contributed by atoms with E-state index >= 15 is 0 Å². The van der Waals surface area contributed by atoms with Crippen LogP contribution in [0.1, 0.15) is 12.5 Å². The van der Waals surface area contributed by atoms with Gasteiger partial charge >= 0.3 is 0 Å². The highest BCUT2D eigenvalue weighted by molar-refractivity contribution is 7.89. The standard InChI is InChI=1S/C18H22N2O3S/c1-2-19-18(21)15-20(14-13-16-9-5-3-6-10-16)24(22,23)17-11-7-4-8-12-17/h3-12H,2,13-15H2,1H3,(H,19,21). The van der Waals surface area contributed by atoms with Gasteiger partial charge in [-0.3, -0.25) is 4.79 Å². The minimum Gasteiger partial charge on any atom is -0.355 e. The lowest BCUT2D eigenvalue weighted by molar-refractivity contribution is -0.121. The van der Waals surface area contributed by atoms with Crippen molar-refractivity contribution in [1.29, 1.82) is 0 Å². The summed E-state index contributed by atoms with van der Waals surface area (Å²) in [5.74, 6) is -0.301. The first-order valence-corrected chi connectivity index (χ1v) is 9.34. The zero-order valence-electron chi connectivity index (χ0n) is 13.7. The second-order valence-corrected chi connectivity index (χ2v) is 7.28. The second-order valence-electron chi connectivity index (χ2n) is 5.34. The Hall–Kier alpha value is -2.18. The summed E-state index contributed by atoms with van der Waals surface area (Å²) in [4.78, 5) is 12.1. The number of nitrogens with zero attached hydrogens (tertiary/aromatic N) is 1. The van der Waals surface area contributed by atoms with Crippen LogP contribution in [0, 0.1) is 0 Å². The predicted molar refractivity (Wildman–Crippen MR) is 94.0 cm³/mol. The Morgan fingerprint density at radius 2 is 1.58 bits per heavy atom. The molecule has 5 nitrogen and oxygen atoms in total. The summed E-state index contributed by atoms with van der Waals surface area (Å²) in [7, 11) is -3.71. The van der Waals surface area contributed by atoms with Crippen LogP contribution in [0.4, 0.5) is 0 Å². The molecule has 0 aliphatic heterocycles. The molecule has 1 N–H and O–H groups in total. The van der Waals surface area contributed by atoms with Crippen LogP contribution in [-0.4, -0.2) is 38.3 Å². The van der Waals surface area contributed by atoms with Crippen LogP contribution in [-0.2, 0) is 21.2 Å². The Morgan fingerprint density at radius 1 is 1.00 bits per heavy atom. The number of benzene rings is 2.